The minimum atomic E-state index is -0.599. The number of aromatic nitrogens is 4. The molecule has 0 radical (unpaired) electrons. The lowest BCUT2D eigenvalue weighted by Crippen LogP contribution is -2.28. The topological polar surface area (TPSA) is 125 Å². The average Bonchev–Trinajstić information content (AvgIpc) is 3.21. The van der Waals surface area contributed by atoms with E-state index in [0.717, 1.165) is 16.1 Å². The van der Waals surface area contributed by atoms with Crippen LogP contribution in [-0.4, -0.2) is 36.7 Å². The van der Waals surface area contributed by atoms with Crippen LogP contribution < -0.4 is 10.9 Å². The van der Waals surface area contributed by atoms with Gasteiger partial charge in [-0.3, -0.25) is 24.3 Å². The monoisotopic (exact) mass is 530 g/mol. The number of hydrogen-bond donors (Lipinski definition) is 1. The van der Waals surface area contributed by atoms with E-state index >= 15 is 0 Å². The fourth-order valence-corrected chi connectivity index (χ4v) is 3.70. The molecule has 0 aliphatic carbocycles. The van der Waals surface area contributed by atoms with Crippen LogP contribution in [0.1, 0.15) is 15.9 Å². The molecule has 2 heterocycles. The first kappa shape index (κ1) is 22.6. The Morgan fingerprint density at radius 2 is 1.97 bits per heavy atom. The van der Waals surface area contributed by atoms with Crippen molar-refractivity contribution in [1.29, 1.82) is 0 Å². The number of fused-ring (bicyclic) bond motifs is 1. The lowest BCUT2D eigenvalue weighted by atomic mass is 10.2. The van der Waals surface area contributed by atoms with E-state index in [-0.39, 0.29) is 34.9 Å². The highest BCUT2D eigenvalue weighted by atomic mass is 79.9. The molecule has 0 fully saturated rings. The minimum Gasteiger partial charge on any atom is -0.350 e. The van der Waals surface area contributed by atoms with Crippen LogP contribution in [0.15, 0.2) is 64.3 Å². The van der Waals surface area contributed by atoms with Crippen molar-refractivity contribution in [2.24, 2.45) is 0 Å². The van der Waals surface area contributed by atoms with Gasteiger partial charge in [0.2, 0.25) is 0 Å². The van der Waals surface area contributed by atoms with Crippen LogP contribution in [0.3, 0.4) is 0 Å². The number of non-ortho nitro benzene ring substituents is 1. The van der Waals surface area contributed by atoms with E-state index in [1.807, 2.05) is 24.3 Å². The number of nitrogens with one attached hydrogen (secondary N) is 1. The number of rotatable bonds is 7. The third-order valence-corrected chi connectivity index (χ3v) is 5.76. The molecule has 0 aliphatic rings. The van der Waals surface area contributed by atoms with Crippen molar-refractivity contribution in [1.82, 2.24) is 24.6 Å². The molecule has 2 aromatic heterocycles. The lowest BCUT2D eigenvalue weighted by Gasteiger charge is -2.08. The SMILES string of the molecule is O=C(NCCn1ncc2c(=O)n(Cc3ccc(Br)cc3)cnc21)c1cc([N+](=O)[O-])ccc1Cl. The molecular formula is C21H16BrClN6O4. The maximum atomic E-state index is 12.8. The van der Waals surface area contributed by atoms with Crippen molar-refractivity contribution in [3.05, 3.63) is 96.1 Å². The number of nitrogens with zero attached hydrogens (tertiary/aromatic N) is 5. The maximum Gasteiger partial charge on any atom is 0.270 e. The van der Waals surface area contributed by atoms with Crippen molar-refractivity contribution < 1.29 is 9.72 Å². The van der Waals surface area contributed by atoms with Crippen LogP contribution in [0.4, 0.5) is 5.69 Å². The minimum absolute atomic E-state index is 0.00476. The Labute approximate surface area is 200 Å². The van der Waals surface area contributed by atoms with E-state index in [2.05, 4.69) is 31.3 Å². The quantitative estimate of drug-likeness (QED) is 0.288. The first-order chi connectivity index (χ1) is 15.8. The zero-order chi connectivity index (χ0) is 23.5. The van der Waals surface area contributed by atoms with Gasteiger partial charge in [-0.25, -0.2) is 9.67 Å². The van der Waals surface area contributed by atoms with Crippen molar-refractivity contribution in [2.75, 3.05) is 6.54 Å². The molecular weight excluding hydrogens is 516 g/mol. The Kier molecular flexibility index (Phi) is 6.52. The number of halogens is 2. The Morgan fingerprint density at radius 1 is 1.21 bits per heavy atom. The zero-order valence-electron chi connectivity index (χ0n) is 16.9. The highest BCUT2D eigenvalue weighted by Gasteiger charge is 2.16. The normalized spacial score (nSPS) is 11.0. The summed E-state index contributed by atoms with van der Waals surface area (Å²) >= 11 is 9.38. The first-order valence-corrected chi connectivity index (χ1v) is 10.9. The van der Waals surface area contributed by atoms with Gasteiger partial charge in [0.15, 0.2) is 5.65 Å². The number of benzene rings is 2. The Bertz CT molecular complexity index is 1420. The predicted octanol–water partition coefficient (Wildman–Crippen LogP) is 3.40. The van der Waals surface area contributed by atoms with E-state index in [9.17, 15) is 19.7 Å². The number of nitro benzene ring substituents is 1. The van der Waals surface area contributed by atoms with Crippen molar-refractivity contribution >= 4 is 50.2 Å². The molecule has 0 atom stereocenters. The van der Waals surface area contributed by atoms with Gasteiger partial charge in [-0.05, 0) is 23.8 Å². The standard InChI is InChI=1S/C21H16BrClN6O4/c22-14-3-1-13(2-4-14)11-27-12-25-19-17(21(27)31)10-26-28(19)8-7-24-20(30)16-9-15(29(32)33)5-6-18(16)23/h1-6,9-10,12H,7-8,11H2,(H,24,30). The molecule has 1 amide bonds. The second kappa shape index (κ2) is 9.51. The molecule has 1 N–H and O–H groups in total. The molecule has 10 nitrogen and oxygen atoms in total. The van der Waals surface area contributed by atoms with Gasteiger partial charge < -0.3 is 5.32 Å². The molecule has 0 saturated heterocycles. The van der Waals surface area contributed by atoms with Crippen LogP contribution >= 0.6 is 27.5 Å². The number of nitro groups is 1. The third kappa shape index (κ3) is 4.94. The summed E-state index contributed by atoms with van der Waals surface area (Å²) in [6.45, 7) is 0.767. The van der Waals surface area contributed by atoms with Gasteiger partial charge in [0.05, 0.1) is 34.8 Å². The highest BCUT2D eigenvalue weighted by Crippen LogP contribution is 2.22. The van der Waals surface area contributed by atoms with E-state index in [0.29, 0.717) is 17.6 Å². The summed E-state index contributed by atoms with van der Waals surface area (Å²) in [5.74, 6) is -0.551. The second-order valence-electron chi connectivity index (χ2n) is 7.09. The summed E-state index contributed by atoms with van der Waals surface area (Å²) in [6.07, 6.45) is 2.91. The van der Waals surface area contributed by atoms with Gasteiger partial charge in [0, 0.05) is 23.2 Å². The molecule has 168 valence electrons. The predicted molar refractivity (Wildman–Crippen MR) is 125 cm³/mol. The van der Waals surface area contributed by atoms with E-state index < -0.39 is 10.8 Å². The van der Waals surface area contributed by atoms with Crippen molar-refractivity contribution in [3.63, 3.8) is 0 Å². The molecule has 0 bridgehead atoms. The molecule has 33 heavy (non-hydrogen) atoms. The fourth-order valence-electron chi connectivity index (χ4n) is 3.23. The van der Waals surface area contributed by atoms with Gasteiger partial charge >= 0.3 is 0 Å². The van der Waals surface area contributed by atoms with E-state index in [4.69, 9.17) is 11.6 Å². The second-order valence-corrected chi connectivity index (χ2v) is 8.41. The van der Waals surface area contributed by atoms with Crippen LogP contribution in [0, 0.1) is 10.1 Å². The average molecular weight is 532 g/mol. The van der Waals surface area contributed by atoms with Gasteiger partial charge in [-0.15, -0.1) is 0 Å². The molecule has 0 aliphatic heterocycles. The molecule has 0 spiro atoms. The summed E-state index contributed by atoms with van der Waals surface area (Å²) in [5, 5.41) is 18.3. The third-order valence-electron chi connectivity index (χ3n) is 4.90. The van der Waals surface area contributed by atoms with Gasteiger partial charge in [0.1, 0.15) is 11.7 Å². The van der Waals surface area contributed by atoms with Crippen LogP contribution in [0.25, 0.3) is 11.0 Å². The van der Waals surface area contributed by atoms with Crippen molar-refractivity contribution in [3.8, 4) is 0 Å². The summed E-state index contributed by atoms with van der Waals surface area (Å²) in [5.41, 5.74) is 0.906. The van der Waals surface area contributed by atoms with E-state index in [1.54, 1.807) is 0 Å². The summed E-state index contributed by atoms with van der Waals surface area (Å²) in [4.78, 5) is 39.9. The molecule has 0 saturated carbocycles. The number of carbonyl (C=O) groups excluding carboxylic acids is 1. The molecule has 4 aromatic rings. The summed E-state index contributed by atoms with van der Waals surface area (Å²) in [6, 6.07) is 11.3. The van der Waals surface area contributed by atoms with Gasteiger partial charge in [-0.1, -0.05) is 39.7 Å². The Balaban J connectivity index is 1.45. The van der Waals surface area contributed by atoms with Gasteiger partial charge in [0.25, 0.3) is 17.2 Å². The number of amides is 1. The largest absolute Gasteiger partial charge is 0.350 e. The highest BCUT2D eigenvalue weighted by molar-refractivity contribution is 9.10. The smallest absolute Gasteiger partial charge is 0.270 e. The summed E-state index contributed by atoms with van der Waals surface area (Å²) < 4.78 is 3.97. The zero-order valence-corrected chi connectivity index (χ0v) is 19.3. The Hall–Kier alpha value is -3.57. The Morgan fingerprint density at radius 3 is 2.70 bits per heavy atom. The molecule has 2 aromatic carbocycles. The van der Waals surface area contributed by atoms with Crippen LogP contribution in [0.5, 0.6) is 0 Å². The van der Waals surface area contributed by atoms with Crippen LogP contribution in [-0.2, 0) is 13.1 Å². The lowest BCUT2D eigenvalue weighted by molar-refractivity contribution is -0.384. The number of hydrogen-bond acceptors (Lipinski definition) is 6. The molecule has 0 unspecified atom stereocenters. The fraction of sp³-hybridized carbons (Fsp3) is 0.143. The number of carbonyl (C=O) groups is 1. The van der Waals surface area contributed by atoms with Crippen LogP contribution in [0.2, 0.25) is 5.02 Å². The van der Waals surface area contributed by atoms with Crippen molar-refractivity contribution in [2.45, 2.75) is 13.1 Å². The molecule has 4 rings (SSSR count). The first-order valence-electron chi connectivity index (χ1n) is 9.71. The summed E-state index contributed by atoms with van der Waals surface area (Å²) in [7, 11) is 0. The van der Waals surface area contributed by atoms with Gasteiger partial charge in [-0.2, -0.15) is 5.10 Å². The van der Waals surface area contributed by atoms with E-state index in [1.165, 1.54) is 33.9 Å². The molecule has 12 heteroatoms. The maximum absolute atomic E-state index is 12.8.